The molecule has 0 fully saturated rings. The van der Waals surface area contributed by atoms with Gasteiger partial charge in [-0.25, -0.2) is 4.79 Å². The van der Waals surface area contributed by atoms with Crippen LogP contribution in [0.2, 0.25) is 5.02 Å². The topological polar surface area (TPSA) is 50.4 Å². The van der Waals surface area contributed by atoms with E-state index in [-0.39, 0.29) is 6.03 Å². The predicted octanol–water partition coefficient (Wildman–Crippen LogP) is 3.53. The highest BCUT2D eigenvalue weighted by molar-refractivity contribution is 6.30. The molecule has 5 heteroatoms. The minimum atomic E-state index is -0.207. The Hall–Kier alpha value is -2.20. The van der Waals surface area contributed by atoms with Crippen molar-refractivity contribution in [3.63, 3.8) is 0 Å². The van der Waals surface area contributed by atoms with E-state index >= 15 is 0 Å². The zero-order valence-electron chi connectivity index (χ0n) is 12.4. The number of carbonyl (C=O) groups excluding carboxylic acids is 1. The second kappa shape index (κ2) is 8.29. The molecule has 2 N–H and O–H groups in total. The number of hydrogen-bond donors (Lipinski definition) is 2. The molecular formula is C17H19ClN2O2. The molecule has 0 aliphatic heterocycles. The van der Waals surface area contributed by atoms with Crippen LogP contribution in [-0.2, 0) is 6.54 Å². The molecule has 2 rings (SSSR count). The highest BCUT2D eigenvalue weighted by Gasteiger charge is 2.00. The van der Waals surface area contributed by atoms with Gasteiger partial charge in [-0.05, 0) is 36.8 Å². The second-order valence-corrected chi connectivity index (χ2v) is 5.34. The molecule has 2 amide bonds. The fourth-order valence-corrected chi connectivity index (χ4v) is 2.06. The Morgan fingerprint density at radius 3 is 2.64 bits per heavy atom. The summed E-state index contributed by atoms with van der Waals surface area (Å²) in [5.41, 5.74) is 2.25. The summed E-state index contributed by atoms with van der Waals surface area (Å²) in [4.78, 5) is 11.7. The monoisotopic (exact) mass is 318 g/mol. The van der Waals surface area contributed by atoms with E-state index in [1.165, 1.54) is 5.56 Å². The highest BCUT2D eigenvalue weighted by atomic mass is 35.5. The molecule has 0 aliphatic rings. The van der Waals surface area contributed by atoms with Crippen LogP contribution in [0.5, 0.6) is 5.75 Å². The number of amides is 2. The van der Waals surface area contributed by atoms with Crippen LogP contribution in [0.3, 0.4) is 0 Å². The molecular weight excluding hydrogens is 300 g/mol. The number of carbonyl (C=O) groups is 1. The van der Waals surface area contributed by atoms with Gasteiger partial charge < -0.3 is 15.4 Å². The number of aryl methyl sites for hydroxylation is 1. The SMILES string of the molecule is Cc1cccc(CNC(=O)NCCOc2ccc(Cl)cc2)c1. The van der Waals surface area contributed by atoms with E-state index in [0.29, 0.717) is 24.7 Å². The summed E-state index contributed by atoms with van der Waals surface area (Å²) in [5.74, 6) is 0.728. The van der Waals surface area contributed by atoms with E-state index in [2.05, 4.69) is 10.6 Å². The van der Waals surface area contributed by atoms with Gasteiger partial charge in [-0.3, -0.25) is 0 Å². The molecule has 0 heterocycles. The molecule has 2 aromatic carbocycles. The fourth-order valence-electron chi connectivity index (χ4n) is 1.93. The summed E-state index contributed by atoms with van der Waals surface area (Å²) in [6, 6.07) is 14.9. The molecule has 0 aliphatic carbocycles. The van der Waals surface area contributed by atoms with Crippen LogP contribution in [0.15, 0.2) is 48.5 Å². The zero-order chi connectivity index (χ0) is 15.8. The smallest absolute Gasteiger partial charge is 0.315 e. The molecule has 0 radical (unpaired) electrons. The van der Waals surface area contributed by atoms with E-state index < -0.39 is 0 Å². The first-order valence-electron chi connectivity index (χ1n) is 7.09. The van der Waals surface area contributed by atoms with Gasteiger partial charge in [0.1, 0.15) is 12.4 Å². The summed E-state index contributed by atoms with van der Waals surface area (Å²) in [5, 5.41) is 6.22. The lowest BCUT2D eigenvalue weighted by Gasteiger charge is -2.09. The van der Waals surface area contributed by atoms with Crippen molar-refractivity contribution in [1.29, 1.82) is 0 Å². The summed E-state index contributed by atoms with van der Waals surface area (Å²) in [6.45, 7) is 3.37. The van der Waals surface area contributed by atoms with Crippen molar-refractivity contribution in [1.82, 2.24) is 10.6 Å². The number of nitrogens with one attached hydrogen (secondary N) is 2. The maximum atomic E-state index is 11.7. The molecule has 22 heavy (non-hydrogen) atoms. The van der Waals surface area contributed by atoms with Crippen molar-refractivity contribution in [3.05, 3.63) is 64.7 Å². The quantitative estimate of drug-likeness (QED) is 0.801. The standard InChI is InChI=1S/C17H19ClN2O2/c1-13-3-2-4-14(11-13)12-20-17(21)19-9-10-22-16-7-5-15(18)6-8-16/h2-8,11H,9-10,12H2,1H3,(H2,19,20,21). The lowest BCUT2D eigenvalue weighted by atomic mass is 10.1. The molecule has 0 bridgehead atoms. The number of halogens is 1. The molecule has 4 nitrogen and oxygen atoms in total. The van der Waals surface area contributed by atoms with Crippen molar-refractivity contribution in [2.24, 2.45) is 0 Å². The zero-order valence-corrected chi connectivity index (χ0v) is 13.2. The van der Waals surface area contributed by atoms with Crippen molar-refractivity contribution in [2.75, 3.05) is 13.2 Å². The number of hydrogen-bond acceptors (Lipinski definition) is 2. The molecule has 0 saturated heterocycles. The van der Waals surface area contributed by atoms with Gasteiger partial charge in [-0.1, -0.05) is 41.4 Å². The molecule has 2 aromatic rings. The van der Waals surface area contributed by atoms with E-state index in [1.807, 2.05) is 31.2 Å². The molecule has 0 unspecified atom stereocenters. The van der Waals surface area contributed by atoms with Gasteiger partial charge in [-0.15, -0.1) is 0 Å². The first-order valence-corrected chi connectivity index (χ1v) is 7.47. The summed E-state index contributed by atoms with van der Waals surface area (Å²) >= 11 is 5.79. The maximum Gasteiger partial charge on any atom is 0.315 e. The van der Waals surface area contributed by atoms with Crippen molar-refractivity contribution in [2.45, 2.75) is 13.5 Å². The number of rotatable bonds is 6. The van der Waals surface area contributed by atoms with Gasteiger partial charge in [0.15, 0.2) is 0 Å². The minimum Gasteiger partial charge on any atom is -0.492 e. The van der Waals surface area contributed by atoms with Crippen LogP contribution in [0.25, 0.3) is 0 Å². The van der Waals surface area contributed by atoms with Crippen LogP contribution in [-0.4, -0.2) is 19.2 Å². The lowest BCUT2D eigenvalue weighted by Crippen LogP contribution is -2.37. The third-order valence-corrected chi connectivity index (χ3v) is 3.26. The van der Waals surface area contributed by atoms with Crippen molar-refractivity contribution in [3.8, 4) is 5.75 Å². The first-order chi connectivity index (χ1) is 10.6. The van der Waals surface area contributed by atoms with Gasteiger partial charge >= 0.3 is 6.03 Å². The molecule has 0 spiro atoms. The Balaban J connectivity index is 1.62. The normalized spacial score (nSPS) is 10.1. The van der Waals surface area contributed by atoms with Crippen LogP contribution in [0.4, 0.5) is 4.79 Å². The highest BCUT2D eigenvalue weighted by Crippen LogP contribution is 2.15. The maximum absolute atomic E-state index is 11.7. The van der Waals surface area contributed by atoms with Gasteiger partial charge in [0.2, 0.25) is 0 Å². The molecule has 0 saturated carbocycles. The molecule has 0 aromatic heterocycles. The average molecular weight is 319 g/mol. The van der Waals surface area contributed by atoms with E-state index in [9.17, 15) is 4.79 Å². The van der Waals surface area contributed by atoms with E-state index in [4.69, 9.17) is 16.3 Å². The van der Waals surface area contributed by atoms with E-state index in [0.717, 1.165) is 11.3 Å². The Labute approximate surface area is 135 Å². The Kier molecular flexibility index (Phi) is 6.10. The lowest BCUT2D eigenvalue weighted by molar-refractivity contribution is 0.236. The number of ether oxygens (including phenoxy) is 1. The van der Waals surface area contributed by atoms with Gasteiger partial charge in [0.25, 0.3) is 0 Å². The summed E-state index contributed by atoms with van der Waals surface area (Å²) in [7, 11) is 0. The van der Waals surface area contributed by atoms with Gasteiger partial charge in [0.05, 0.1) is 6.54 Å². The second-order valence-electron chi connectivity index (χ2n) is 4.90. The Morgan fingerprint density at radius 1 is 1.14 bits per heavy atom. The first kappa shape index (κ1) is 16.2. The van der Waals surface area contributed by atoms with Gasteiger partial charge in [-0.2, -0.15) is 0 Å². The van der Waals surface area contributed by atoms with Crippen molar-refractivity contribution >= 4 is 17.6 Å². The summed E-state index contributed by atoms with van der Waals surface area (Å²) in [6.07, 6.45) is 0. The largest absolute Gasteiger partial charge is 0.492 e. The van der Waals surface area contributed by atoms with Crippen LogP contribution in [0.1, 0.15) is 11.1 Å². The Bertz CT molecular complexity index is 614. The van der Waals surface area contributed by atoms with Gasteiger partial charge in [0, 0.05) is 11.6 Å². The van der Waals surface area contributed by atoms with Crippen LogP contribution in [0, 0.1) is 6.92 Å². The Morgan fingerprint density at radius 2 is 1.91 bits per heavy atom. The average Bonchev–Trinajstić information content (AvgIpc) is 2.51. The number of benzene rings is 2. The summed E-state index contributed by atoms with van der Waals surface area (Å²) < 4.78 is 5.49. The number of urea groups is 1. The third-order valence-electron chi connectivity index (χ3n) is 3.01. The molecule has 0 atom stereocenters. The van der Waals surface area contributed by atoms with Crippen molar-refractivity contribution < 1.29 is 9.53 Å². The van der Waals surface area contributed by atoms with E-state index in [1.54, 1.807) is 24.3 Å². The van der Waals surface area contributed by atoms with Crippen LogP contribution >= 0.6 is 11.6 Å². The fraction of sp³-hybridized carbons (Fsp3) is 0.235. The minimum absolute atomic E-state index is 0.207. The molecule has 116 valence electrons. The third kappa shape index (κ3) is 5.66. The van der Waals surface area contributed by atoms with Crippen LogP contribution < -0.4 is 15.4 Å². The predicted molar refractivity (Wildman–Crippen MR) is 88.4 cm³/mol.